The second kappa shape index (κ2) is 9.18. The molecule has 0 atom stereocenters. The lowest BCUT2D eigenvalue weighted by atomic mass is 10.2. The number of anilines is 1. The maximum absolute atomic E-state index is 12.3. The number of methoxy groups -OCH3 is 1. The van der Waals surface area contributed by atoms with Gasteiger partial charge in [-0.25, -0.2) is 0 Å². The molecule has 27 heavy (non-hydrogen) atoms. The molecule has 0 radical (unpaired) electrons. The molecule has 0 saturated carbocycles. The first kappa shape index (κ1) is 18.9. The van der Waals surface area contributed by atoms with E-state index in [1.165, 1.54) is 11.8 Å². The van der Waals surface area contributed by atoms with Crippen molar-refractivity contribution in [1.82, 2.24) is 19.7 Å². The van der Waals surface area contributed by atoms with E-state index in [1.54, 1.807) is 25.6 Å². The van der Waals surface area contributed by atoms with Crippen LogP contribution in [0.2, 0.25) is 0 Å². The number of aromatic nitrogens is 4. The van der Waals surface area contributed by atoms with Crippen LogP contribution < -0.4 is 10.1 Å². The molecule has 3 aromatic rings. The minimum atomic E-state index is -0.107. The number of ether oxygens (including phenoxy) is 1. The number of amides is 1. The summed E-state index contributed by atoms with van der Waals surface area (Å²) in [5.74, 6) is 1.62. The first-order chi connectivity index (χ1) is 13.2. The zero-order valence-electron chi connectivity index (χ0n) is 15.3. The number of hydrogen-bond acceptors (Lipinski definition) is 6. The van der Waals surface area contributed by atoms with Crippen LogP contribution in [0.25, 0.3) is 11.4 Å². The number of nitrogens with one attached hydrogen (secondary N) is 1. The van der Waals surface area contributed by atoms with Crippen LogP contribution >= 0.6 is 11.8 Å². The highest BCUT2D eigenvalue weighted by molar-refractivity contribution is 7.99. The molecular formula is C19H21N5O2S. The molecule has 0 fully saturated rings. The molecule has 0 aliphatic heterocycles. The molecule has 2 aromatic heterocycles. The molecule has 0 aliphatic carbocycles. The van der Waals surface area contributed by atoms with Gasteiger partial charge in [-0.3, -0.25) is 9.78 Å². The smallest absolute Gasteiger partial charge is 0.234 e. The van der Waals surface area contributed by atoms with Gasteiger partial charge in [-0.15, -0.1) is 10.2 Å². The predicted molar refractivity (Wildman–Crippen MR) is 106 cm³/mol. The van der Waals surface area contributed by atoms with Gasteiger partial charge >= 0.3 is 0 Å². The summed E-state index contributed by atoms with van der Waals surface area (Å²) in [5, 5.41) is 12.2. The van der Waals surface area contributed by atoms with E-state index in [2.05, 4.69) is 27.4 Å². The first-order valence-corrected chi connectivity index (χ1v) is 9.60. The van der Waals surface area contributed by atoms with Crippen LogP contribution in [0.4, 0.5) is 5.69 Å². The van der Waals surface area contributed by atoms with Crippen molar-refractivity contribution in [3.63, 3.8) is 0 Å². The third kappa shape index (κ3) is 4.85. The van der Waals surface area contributed by atoms with E-state index >= 15 is 0 Å². The average Bonchev–Trinajstić information content (AvgIpc) is 3.10. The number of benzene rings is 1. The Balaban J connectivity index is 1.68. The van der Waals surface area contributed by atoms with Crippen molar-refractivity contribution in [3.05, 3.63) is 48.8 Å². The highest BCUT2D eigenvalue weighted by atomic mass is 32.2. The minimum absolute atomic E-state index is 0.107. The lowest BCUT2D eigenvalue weighted by Crippen LogP contribution is -2.14. The van der Waals surface area contributed by atoms with Crippen molar-refractivity contribution >= 4 is 23.4 Å². The van der Waals surface area contributed by atoms with Crippen LogP contribution in [-0.2, 0) is 11.3 Å². The summed E-state index contributed by atoms with van der Waals surface area (Å²) < 4.78 is 7.21. The van der Waals surface area contributed by atoms with Gasteiger partial charge in [0.1, 0.15) is 5.75 Å². The molecule has 1 amide bonds. The summed E-state index contributed by atoms with van der Waals surface area (Å²) in [6.07, 6.45) is 4.41. The molecule has 7 nitrogen and oxygen atoms in total. The number of carbonyl (C=O) groups excluding carboxylic acids is 1. The number of thioether (sulfide) groups is 1. The van der Waals surface area contributed by atoms with Crippen LogP contribution in [0.3, 0.4) is 0 Å². The lowest BCUT2D eigenvalue weighted by Gasteiger charge is -2.09. The number of nitrogens with zero attached hydrogens (tertiary/aromatic N) is 4. The van der Waals surface area contributed by atoms with Crippen molar-refractivity contribution in [2.24, 2.45) is 0 Å². The van der Waals surface area contributed by atoms with Gasteiger partial charge in [-0.2, -0.15) is 0 Å². The summed E-state index contributed by atoms with van der Waals surface area (Å²) in [6.45, 7) is 2.88. The van der Waals surface area contributed by atoms with E-state index in [9.17, 15) is 4.79 Å². The third-order valence-electron chi connectivity index (χ3n) is 3.79. The third-order valence-corrected chi connectivity index (χ3v) is 4.76. The first-order valence-electron chi connectivity index (χ1n) is 8.61. The van der Waals surface area contributed by atoms with Crippen molar-refractivity contribution in [1.29, 1.82) is 0 Å². The molecule has 0 aliphatic rings. The lowest BCUT2D eigenvalue weighted by molar-refractivity contribution is -0.113. The predicted octanol–water partition coefficient (Wildman–Crippen LogP) is 3.49. The molecule has 140 valence electrons. The molecule has 8 heteroatoms. The van der Waals surface area contributed by atoms with E-state index < -0.39 is 0 Å². The minimum Gasteiger partial charge on any atom is -0.497 e. The van der Waals surface area contributed by atoms with Gasteiger partial charge in [0.15, 0.2) is 11.0 Å². The Bertz CT molecular complexity index is 898. The van der Waals surface area contributed by atoms with Gasteiger partial charge in [0.2, 0.25) is 5.91 Å². The molecule has 0 saturated heterocycles. The Kier molecular flexibility index (Phi) is 6.43. The van der Waals surface area contributed by atoms with Crippen molar-refractivity contribution in [2.45, 2.75) is 25.0 Å². The topological polar surface area (TPSA) is 81.9 Å². The second-order valence-electron chi connectivity index (χ2n) is 5.76. The highest BCUT2D eigenvalue weighted by Gasteiger charge is 2.15. The van der Waals surface area contributed by atoms with Gasteiger partial charge < -0.3 is 14.6 Å². The summed E-state index contributed by atoms with van der Waals surface area (Å²) >= 11 is 1.37. The van der Waals surface area contributed by atoms with Crippen molar-refractivity contribution in [2.75, 3.05) is 18.2 Å². The van der Waals surface area contributed by atoms with E-state index in [4.69, 9.17) is 4.74 Å². The highest BCUT2D eigenvalue weighted by Crippen LogP contribution is 2.24. The summed E-state index contributed by atoms with van der Waals surface area (Å²) in [6, 6.07) is 11.1. The monoisotopic (exact) mass is 383 g/mol. The zero-order chi connectivity index (χ0) is 19.1. The normalized spacial score (nSPS) is 10.6. The van der Waals surface area contributed by atoms with Gasteiger partial charge in [0, 0.05) is 36.3 Å². The van der Waals surface area contributed by atoms with Crippen LogP contribution in [0.5, 0.6) is 5.75 Å². The maximum atomic E-state index is 12.3. The Morgan fingerprint density at radius 1 is 1.22 bits per heavy atom. The SMILES string of the molecule is CCCn1c(SCC(=O)Nc2cccc(OC)c2)nnc1-c1ccncc1. The standard InChI is InChI=1S/C19H21N5O2S/c1-3-11-24-18(14-7-9-20-10-8-14)22-23-19(24)27-13-17(25)21-15-5-4-6-16(12-15)26-2/h4-10,12H,3,11,13H2,1-2H3,(H,21,25). The number of carbonyl (C=O) groups is 1. The Morgan fingerprint density at radius 3 is 2.78 bits per heavy atom. The van der Waals surface area contributed by atoms with E-state index in [1.807, 2.05) is 34.9 Å². The Labute approximate surface area is 162 Å². The molecule has 1 N–H and O–H groups in total. The van der Waals surface area contributed by atoms with E-state index in [0.29, 0.717) is 11.4 Å². The molecule has 1 aromatic carbocycles. The van der Waals surface area contributed by atoms with Gasteiger partial charge in [-0.1, -0.05) is 24.8 Å². The fourth-order valence-corrected chi connectivity index (χ4v) is 3.33. The number of hydrogen-bond donors (Lipinski definition) is 1. The molecule has 3 rings (SSSR count). The fourth-order valence-electron chi connectivity index (χ4n) is 2.56. The quantitative estimate of drug-likeness (QED) is 0.600. The van der Waals surface area contributed by atoms with E-state index in [-0.39, 0.29) is 11.7 Å². The van der Waals surface area contributed by atoms with Gasteiger partial charge in [-0.05, 0) is 30.7 Å². The molecule has 0 unspecified atom stereocenters. The molecule has 0 spiro atoms. The van der Waals surface area contributed by atoms with Gasteiger partial charge in [0.25, 0.3) is 0 Å². The average molecular weight is 383 g/mol. The summed E-state index contributed by atoms with van der Waals surface area (Å²) in [5.41, 5.74) is 1.66. The Hall–Kier alpha value is -2.87. The zero-order valence-corrected chi connectivity index (χ0v) is 16.1. The van der Waals surface area contributed by atoms with Crippen LogP contribution in [0.15, 0.2) is 53.9 Å². The second-order valence-corrected chi connectivity index (χ2v) is 6.71. The van der Waals surface area contributed by atoms with Gasteiger partial charge in [0.05, 0.1) is 12.9 Å². The van der Waals surface area contributed by atoms with Crippen molar-refractivity contribution in [3.8, 4) is 17.1 Å². The summed E-state index contributed by atoms with van der Waals surface area (Å²) in [4.78, 5) is 16.3. The van der Waals surface area contributed by atoms with E-state index in [0.717, 1.165) is 29.5 Å². The van der Waals surface area contributed by atoms with Crippen LogP contribution in [-0.4, -0.2) is 38.5 Å². The number of rotatable bonds is 8. The fraction of sp³-hybridized carbons (Fsp3) is 0.263. The van der Waals surface area contributed by atoms with Crippen LogP contribution in [0.1, 0.15) is 13.3 Å². The molecular weight excluding hydrogens is 362 g/mol. The van der Waals surface area contributed by atoms with Crippen LogP contribution in [0, 0.1) is 0 Å². The number of pyridine rings is 1. The molecule has 2 heterocycles. The maximum Gasteiger partial charge on any atom is 0.234 e. The largest absolute Gasteiger partial charge is 0.497 e. The molecule has 0 bridgehead atoms. The van der Waals surface area contributed by atoms with Crippen molar-refractivity contribution < 1.29 is 9.53 Å². The summed E-state index contributed by atoms with van der Waals surface area (Å²) in [7, 11) is 1.59. The Morgan fingerprint density at radius 2 is 2.04 bits per heavy atom.